The van der Waals surface area contributed by atoms with E-state index >= 15 is 0 Å². The highest BCUT2D eigenvalue weighted by Crippen LogP contribution is 2.38. The quantitative estimate of drug-likeness (QED) is 0.789. The average molecular weight is 303 g/mol. The average Bonchev–Trinajstić information content (AvgIpc) is 2.89. The molecule has 3 aromatic rings. The summed E-state index contributed by atoms with van der Waals surface area (Å²) in [6.07, 6.45) is 0. The molecule has 0 bridgehead atoms. The number of aromatic nitrogens is 1. The molecule has 0 spiro atoms. The minimum atomic E-state index is -0.352. The van der Waals surface area contributed by atoms with E-state index < -0.39 is 0 Å². The Balaban J connectivity index is 1.85. The van der Waals surface area contributed by atoms with Crippen molar-refractivity contribution in [3.8, 4) is 0 Å². The molecule has 1 amide bonds. The van der Waals surface area contributed by atoms with Gasteiger partial charge < -0.3 is 10.2 Å². The van der Waals surface area contributed by atoms with E-state index in [0.29, 0.717) is 0 Å². The summed E-state index contributed by atoms with van der Waals surface area (Å²) in [6, 6.07) is 18.0. The van der Waals surface area contributed by atoms with Crippen molar-refractivity contribution in [2.45, 2.75) is 5.92 Å². The maximum atomic E-state index is 12.5. The number of hydrogen-bond donors (Lipinski definition) is 1. The Hall–Kier alpha value is -2.88. The third-order valence-corrected chi connectivity index (χ3v) is 4.30. The molecule has 1 atom stereocenters. The zero-order chi connectivity index (χ0) is 16.0. The van der Waals surface area contributed by atoms with E-state index in [1.807, 2.05) is 67.5 Å². The Bertz CT molecular complexity index is 917. The fourth-order valence-corrected chi connectivity index (χ4v) is 3.06. The third kappa shape index (κ3) is 2.23. The van der Waals surface area contributed by atoms with Gasteiger partial charge in [-0.15, -0.1) is 0 Å². The van der Waals surface area contributed by atoms with Crippen LogP contribution in [0.5, 0.6) is 0 Å². The van der Waals surface area contributed by atoms with Gasteiger partial charge >= 0.3 is 0 Å². The van der Waals surface area contributed by atoms with Crippen molar-refractivity contribution in [2.75, 3.05) is 24.3 Å². The van der Waals surface area contributed by atoms with Crippen molar-refractivity contribution in [1.82, 2.24) is 4.98 Å². The largest absolute Gasteiger partial charge is 0.378 e. The zero-order valence-corrected chi connectivity index (χ0v) is 13.1. The number of para-hydroxylation sites is 1. The number of anilines is 2. The first-order chi connectivity index (χ1) is 11.1. The molecule has 0 radical (unpaired) electrons. The molecule has 0 aliphatic carbocycles. The summed E-state index contributed by atoms with van der Waals surface area (Å²) < 4.78 is 0. The standard InChI is InChI=1S/C19H17N3O/c1-22(2)13-8-10-16-14(11-13)18(19(23)21-16)17-9-7-12-5-3-4-6-15(12)20-17/h3-11,18H,1-2H3,(H,21,23). The van der Waals surface area contributed by atoms with E-state index in [1.165, 1.54) is 0 Å². The van der Waals surface area contributed by atoms with Crippen molar-refractivity contribution >= 4 is 28.2 Å². The van der Waals surface area contributed by atoms with Gasteiger partial charge in [0, 0.05) is 30.9 Å². The van der Waals surface area contributed by atoms with Crippen LogP contribution >= 0.6 is 0 Å². The first-order valence-electron chi connectivity index (χ1n) is 7.61. The molecule has 1 unspecified atom stereocenters. The smallest absolute Gasteiger partial charge is 0.238 e. The van der Waals surface area contributed by atoms with Crippen LogP contribution in [-0.2, 0) is 4.79 Å². The Morgan fingerprint density at radius 3 is 2.70 bits per heavy atom. The van der Waals surface area contributed by atoms with Crippen LogP contribution in [0.25, 0.3) is 10.9 Å². The molecular formula is C19H17N3O. The van der Waals surface area contributed by atoms with Crippen molar-refractivity contribution in [3.63, 3.8) is 0 Å². The van der Waals surface area contributed by atoms with Gasteiger partial charge in [-0.2, -0.15) is 0 Å². The molecule has 2 heterocycles. The van der Waals surface area contributed by atoms with E-state index in [2.05, 4.69) is 11.4 Å². The van der Waals surface area contributed by atoms with Crippen LogP contribution in [0.15, 0.2) is 54.6 Å². The Morgan fingerprint density at radius 2 is 1.87 bits per heavy atom. The number of benzene rings is 2. The molecule has 1 aliphatic heterocycles. The minimum absolute atomic E-state index is 0.0151. The van der Waals surface area contributed by atoms with E-state index in [-0.39, 0.29) is 11.8 Å². The number of amides is 1. The first-order valence-corrected chi connectivity index (χ1v) is 7.61. The molecule has 4 rings (SSSR count). The van der Waals surface area contributed by atoms with Crippen molar-refractivity contribution in [3.05, 3.63) is 65.9 Å². The molecule has 114 valence electrons. The molecule has 1 N–H and O–H groups in total. The number of carbonyl (C=O) groups is 1. The van der Waals surface area contributed by atoms with Gasteiger partial charge in [0.1, 0.15) is 5.92 Å². The zero-order valence-electron chi connectivity index (χ0n) is 13.1. The number of hydrogen-bond acceptors (Lipinski definition) is 3. The predicted octanol–water partition coefficient (Wildman–Crippen LogP) is 3.38. The normalized spacial score (nSPS) is 16.3. The van der Waals surface area contributed by atoms with Gasteiger partial charge in [-0.25, -0.2) is 0 Å². The Labute approximate surface area is 134 Å². The molecule has 23 heavy (non-hydrogen) atoms. The predicted molar refractivity (Wildman–Crippen MR) is 93.0 cm³/mol. The van der Waals surface area contributed by atoms with Crippen LogP contribution in [0.3, 0.4) is 0 Å². The molecular weight excluding hydrogens is 286 g/mol. The SMILES string of the molecule is CN(C)c1ccc2c(c1)C(c1ccc3ccccc3n1)C(=O)N2. The Kier molecular flexibility index (Phi) is 3.05. The second kappa shape index (κ2) is 5.09. The summed E-state index contributed by atoms with van der Waals surface area (Å²) >= 11 is 0. The molecule has 1 aromatic heterocycles. The monoisotopic (exact) mass is 303 g/mol. The van der Waals surface area contributed by atoms with Crippen molar-refractivity contribution < 1.29 is 4.79 Å². The van der Waals surface area contributed by atoms with Gasteiger partial charge in [-0.05, 0) is 35.9 Å². The number of carbonyl (C=O) groups excluding carboxylic acids is 1. The topological polar surface area (TPSA) is 45.2 Å². The fraction of sp³-hybridized carbons (Fsp3) is 0.158. The lowest BCUT2D eigenvalue weighted by molar-refractivity contribution is -0.116. The fourth-order valence-electron chi connectivity index (χ4n) is 3.06. The minimum Gasteiger partial charge on any atom is -0.378 e. The van der Waals surface area contributed by atoms with E-state index in [4.69, 9.17) is 4.98 Å². The number of nitrogens with zero attached hydrogens (tertiary/aromatic N) is 2. The summed E-state index contributed by atoms with van der Waals surface area (Å²) in [4.78, 5) is 19.2. The lowest BCUT2D eigenvalue weighted by atomic mass is 9.95. The highest BCUT2D eigenvalue weighted by Gasteiger charge is 2.33. The summed E-state index contributed by atoms with van der Waals surface area (Å²) in [5, 5.41) is 4.04. The third-order valence-electron chi connectivity index (χ3n) is 4.30. The maximum Gasteiger partial charge on any atom is 0.238 e. The molecule has 4 heteroatoms. The van der Waals surface area contributed by atoms with Gasteiger partial charge in [0.15, 0.2) is 0 Å². The van der Waals surface area contributed by atoms with Crippen LogP contribution < -0.4 is 10.2 Å². The summed E-state index contributed by atoms with van der Waals surface area (Å²) in [5.74, 6) is -0.367. The summed E-state index contributed by atoms with van der Waals surface area (Å²) in [5.41, 5.74) is 4.64. The molecule has 4 nitrogen and oxygen atoms in total. The van der Waals surface area contributed by atoms with Crippen molar-refractivity contribution in [2.24, 2.45) is 0 Å². The molecule has 2 aromatic carbocycles. The second-order valence-electron chi connectivity index (χ2n) is 6.02. The van der Waals surface area contributed by atoms with Gasteiger partial charge in [0.05, 0.1) is 11.2 Å². The highest BCUT2D eigenvalue weighted by atomic mass is 16.2. The number of rotatable bonds is 2. The van der Waals surface area contributed by atoms with E-state index in [0.717, 1.165) is 33.5 Å². The van der Waals surface area contributed by atoms with Crippen LogP contribution in [0.1, 0.15) is 17.2 Å². The second-order valence-corrected chi connectivity index (χ2v) is 6.02. The van der Waals surface area contributed by atoms with Gasteiger partial charge in [0.25, 0.3) is 0 Å². The van der Waals surface area contributed by atoms with Crippen LogP contribution in [-0.4, -0.2) is 25.0 Å². The van der Waals surface area contributed by atoms with Crippen LogP contribution in [0.2, 0.25) is 0 Å². The molecule has 0 saturated heterocycles. The lowest BCUT2D eigenvalue weighted by Crippen LogP contribution is -2.14. The summed E-state index contributed by atoms with van der Waals surface area (Å²) in [7, 11) is 3.99. The van der Waals surface area contributed by atoms with Crippen LogP contribution in [0.4, 0.5) is 11.4 Å². The maximum absolute atomic E-state index is 12.5. The number of nitrogens with one attached hydrogen (secondary N) is 1. The number of pyridine rings is 1. The van der Waals surface area contributed by atoms with Gasteiger partial charge in [-0.1, -0.05) is 24.3 Å². The molecule has 1 aliphatic rings. The molecule has 0 fully saturated rings. The summed E-state index contributed by atoms with van der Waals surface area (Å²) in [6.45, 7) is 0. The van der Waals surface area contributed by atoms with E-state index in [1.54, 1.807) is 0 Å². The highest BCUT2D eigenvalue weighted by molar-refractivity contribution is 6.05. The lowest BCUT2D eigenvalue weighted by Gasteiger charge is -2.15. The van der Waals surface area contributed by atoms with Crippen LogP contribution in [0, 0.1) is 0 Å². The van der Waals surface area contributed by atoms with Gasteiger partial charge in [-0.3, -0.25) is 9.78 Å². The van der Waals surface area contributed by atoms with Crippen molar-refractivity contribution in [1.29, 1.82) is 0 Å². The Morgan fingerprint density at radius 1 is 1.04 bits per heavy atom. The number of fused-ring (bicyclic) bond motifs is 2. The molecule has 0 saturated carbocycles. The van der Waals surface area contributed by atoms with E-state index in [9.17, 15) is 4.79 Å². The first kappa shape index (κ1) is 13.8. The van der Waals surface area contributed by atoms with Gasteiger partial charge in [0.2, 0.25) is 5.91 Å².